The molecule has 1 aliphatic rings. The third-order valence-electron chi connectivity index (χ3n) is 3.41. The molecule has 4 N–H and O–H groups in total. The van der Waals surface area contributed by atoms with E-state index in [1.165, 1.54) is 0 Å². The first-order valence-corrected chi connectivity index (χ1v) is 5.76. The minimum absolute atomic E-state index is 0.0515. The Kier molecular flexibility index (Phi) is 4.54. The molecule has 88 valence electrons. The molecule has 1 amide bonds. The highest BCUT2D eigenvalue weighted by Crippen LogP contribution is 2.19. The van der Waals surface area contributed by atoms with E-state index in [0.29, 0.717) is 11.8 Å². The van der Waals surface area contributed by atoms with E-state index in [1.54, 1.807) is 0 Å². The molecule has 0 aromatic carbocycles. The van der Waals surface area contributed by atoms with E-state index < -0.39 is 0 Å². The summed E-state index contributed by atoms with van der Waals surface area (Å²) in [7, 11) is 0. The lowest BCUT2D eigenvalue weighted by molar-refractivity contribution is -0.121. The van der Waals surface area contributed by atoms with Gasteiger partial charge in [0.25, 0.3) is 0 Å². The van der Waals surface area contributed by atoms with E-state index >= 15 is 0 Å². The van der Waals surface area contributed by atoms with Crippen LogP contribution in [-0.2, 0) is 4.79 Å². The Bertz CT molecular complexity index is 218. The van der Waals surface area contributed by atoms with Gasteiger partial charge in [-0.15, -0.1) is 0 Å². The first-order valence-electron chi connectivity index (χ1n) is 5.76. The van der Waals surface area contributed by atoms with Crippen LogP contribution >= 0.6 is 0 Å². The predicted octanol–water partition coefficient (Wildman–Crippen LogP) is 0.0245. The van der Waals surface area contributed by atoms with Gasteiger partial charge in [-0.1, -0.05) is 13.8 Å². The molecule has 4 nitrogen and oxygen atoms in total. The third kappa shape index (κ3) is 3.47. The highest BCUT2D eigenvalue weighted by atomic mass is 16.1. The van der Waals surface area contributed by atoms with Crippen molar-refractivity contribution >= 4 is 5.91 Å². The number of carbonyl (C=O) groups is 1. The summed E-state index contributed by atoms with van der Waals surface area (Å²) < 4.78 is 0. The highest BCUT2D eigenvalue weighted by molar-refractivity contribution is 5.77. The molecule has 1 heterocycles. The molecule has 2 unspecified atom stereocenters. The maximum absolute atomic E-state index is 11.0. The molecular formula is C11H23N3O. The maximum Gasteiger partial charge on any atom is 0.221 e. The Hall–Kier alpha value is -0.610. The van der Waals surface area contributed by atoms with Gasteiger partial charge < -0.3 is 16.4 Å². The summed E-state index contributed by atoms with van der Waals surface area (Å²) in [5, 5.41) is 0. The zero-order valence-corrected chi connectivity index (χ0v) is 9.78. The number of amides is 1. The molecule has 0 spiro atoms. The van der Waals surface area contributed by atoms with E-state index in [1.807, 2.05) is 0 Å². The molecule has 0 aromatic rings. The summed E-state index contributed by atoms with van der Waals surface area (Å²) in [5.74, 6) is 1.01. The summed E-state index contributed by atoms with van der Waals surface area (Å²) >= 11 is 0. The minimum atomic E-state index is -0.161. The SMILES string of the molecule is CC(C)C(CN)CN1CCC(C(N)=O)C1. The maximum atomic E-state index is 11.0. The molecule has 1 saturated heterocycles. The number of nitrogens with zero attached hydrogens (tertiary/aromatic N) is 1. The van der Waals surface area contributed by atoms with Crippen molar-refractivity contribution < 1.29 is 4.79 Å². The number of likely N-dealkylation sites (tertiary alicyclic amines) is 1. The molecule has 1 fully saturated rings. The van der Waals surface area contributed by atoms with E-state index in [4.69, 9.17) is 11.5 Å². The number of hydrogen-bond acceptors (Lipinski definition) is 3. The van der Waals surface area contributed by atoms with Gasteiger partial charge in [0.2, 0.25) is 5.91 Å². The molecule has 2 atom stereocenters. The Morgan fingerprint density at radius 2 is 2.20 bits per heavy atom. The molecule has 4 heteroatoms. The van der Waals surface area contributed by atoms with Crippen LogP contribution in [0, 0.1) is 17.8 Å². The topological polar surface area (TPSA) is 72.3 Å². The summed E-state index contributed by atoms with van der Waals surface area (Å²) in [4.78, 5) is 13.3. The standard InChI is InChI=1S/C11H23N3O/c1-8(2)10(5-12)7-14-4-3-9(6-14)11(13)15/h8-10H,3-7,12H2,1-2H3,(H2,13,15). The van der Waals surface area contributed by atoms with Gasteiger partial charge in [-0.05, 0) is 31.3 Å². The van der Waals surface area contributed by atoms with Crippen LogP contribution in [0.15, 0.2) is 0 Å². The van der Waals surface area contributed by atoms with Crippen molar-refractivity contribution in [2.24, 2.45) is 29.2 Å². The van der Waals surface area contributed by atoms with Crippen LogP contribution in [0.5, 0.6) is 0 Å². The van der Waals surface area contributed by atoms with Crippen LogP contribution in [0.25, 0.3) is 0 Å². The van der Waals surface area contributed by atoms with E-state index in [0.717, 1.165) is 32.6 Å². The van der Waals surface area contributed by atoms with Gasteiger partial charge in [0.15, 0.2) is 0 Å². The number of carbonyl (C=O) groups excluding carboxylic acids is 1. The fourth-order valence-electron chi connectivity index (χ4n) is 2.12. The zero-order valence-electron chi connectivity index (χ0n) is 9.78. The number of nitrogens with two attached hydrogens (primary N) is 2. The first-order chi connectivity index (χ1) is 7.04. The molecule has 1 aliphatic heterocycles. The monoisotopic (exact) mass is 213 g/mol. The smallest absolute Gasteiger partial charge is 0.221 e. The van der Waals surface area contributed by atoms with Gasteiger partial charge in [0.05, 0.1) is 5.92 Å². The van der Waals surface area contributed by atoms with Crippen molar-refractivity contribution in [3.05, 3.63) is 0 Å². The first kappa shape index (κ1) is 12.5. The van der Waals surface area contributed by atoms with E-state index in [9.17, 15) is 4.79 Å². The van der Waals surface area contributed by atoms with Gasteiger partial charge >= 0.3 is 0 Å². The lowest BCUT2D eigenvalue weighted by Crippen LogP contribution is -2.35. The molecular weight excluding hydrogens is 190 g/mol. The van der Waals surface area contributed by atoms with Crippen molar-refractivity contribution in [1.82, 2.24) is 4.90 Å². The molecule has 1 rings (SSSR count). The van der Waals surface area contributed by atoms with Crippen molar-refractivity contribution in [2.45, 2.75) is 20.3 Å². The van der Waals surface area contributed by atoms with Gasteiger partial charge in [0, 0.05) is 13.1 Å². The van der Waals surface area contributed by atoms with Crippen LogP contribution in [-0.4, -0.2) is 37.0 Å². The Morgan fingerprint density at radius 3 is 2.60 bits per heavy atom. The summed E-state index contributed by atoms with van der Waals surface area (Å²) in [6, 6.07) is 0. The fraction of sp³-hybridized carbons (Fsp3) is 0.909. The fourth-order valence-corrected chi connectivity index (χ4v) is 2.12. The van der Waals surface area contributed by atoms with Crippen LogP contribution < -0.4 is 11.5 Å². The number of rotatable bonds is 5. The van der Waals surface area contributed by atoms with Crippen molar-refractivity contribution in [1.29, 1.82) is 0 Å². The molecule has 0 aliphatic carbocycles. The summed E-state index contributed by atoms with van der Waals surface area (Å²) in [6.45, 7) is 7.90. The minimum Gasteiger partial charge on any atom is -0.369 e. The van der Waals surface area contributed by atoms with Crippen LogP contribution in [0.4, 0.5) is 0 Å². The Morgan fingerprint density at radius 1 is 1.53 bits per heavy atom. The van der Waals surface area contributed by atoms with Crippen LogP contribution in [0.2, 0.25) is 0 Å². The van der Waals surface area contributed by atoms with Gasteiger partial charge in [-0.2, -0.15) is 0 Å². The Labute approximate surface area is 92.0 Å². The average Bonchev–Trinajstić information content (AvgIpc) is 2.61. The molecule has 0 bridgehead atoms. The zero-order chi connectivity index (χ0) is 11.4. The molecule has 0 radical (unpaired) electrons. The van der Waals surface area contributed by atoms with Gasteiger partial charge in [-0.3, -0.25) is 4.79 Å². The van der Waals surface area contributed by atoms with E-state index in [-0.39, 0.29) is 11.8 Å². The average molecular weight is 213 g/mol. The van der Waals surface area contributed by atoms with Crippen molar-refractivity contribution in [2.75, 3.05) is 26.2 Å². The van der Waals surface area contributed by atoms with Gasteiger partial charge in [0.1, 0.15) is 0 Å². The normalized spacial score (nSPS) is 24.7. The molecule has 0 saturated carbocycles. The quantitative estimate of drug-likeness (QED) is 0.676. The van der Waals surface area contributed by atoms with Gasteiger partial charge in [-0.25, -0.2) is 0 Å². The van der Waals surface area contributed by atoms with E-state index in [2.05, 4.69) is 18.7 Å². The van der Waals surface area contributed by atoms with Crippen molar-refractivity contribution in [3.63, 3.8) is 0 Å². The lowest BCUT2D eigenvalue weighted by atomic mass is 9.95. The summed E-state index contributed by atoms with van der Waals surface area (Å²) in [5.41, 5.74) is 11.0. The lowest BCUT2D eigenvalue weighted by Gasteiger charge is -2.25. The highest BCUT2D eigenvalue weighted by Gasteiger charge is 2.28. The molecule has 0 aromatic heterocycles. The second-order valence-electron chi connectivity index (χ2n) is 4.89. The van der Waals surface area contributed by atoms with Crippen LogP contribution in [0.1, 0.15) is 20.3 Å². The van der Waals surface area contributed by atoms with Crippen LogP contribution in [0.3, 0.4) is 0 Å². The predicted molar refractivity (Wildman–Crippen MR) is 61.1 cm³/mol. The van der Waals surface area contributed by atoms with Crippen molar-refractivity contribution in [3.8, 4) is 0 Å². The second-order valence-corrected chi connectivity index (χ2v) is 4.89. The third-order valence-corrected chi connectivity index (χ3v) is 3.41. The summed E-state index contributed by atoms with van der Waals surface area (Å²) in [6.07, 6.45) is 0.907. The molecule has 15 heavy (non-hydrogen) atoms. The number of primary amides is 1. The largest absolute Gasteiger partial charge is 0.369 e. The Balaban J connectivity index is 2.37. The second kappa shape index (κ2) is 5.47. The number of hydrogen-bond donors (Lipinski definition) is 2.